The number of benzene rings is 1. The number of anilines is 1. The Morgan fingerprint density at radius 1 is 0.933 bits per heavy atom. The summed E-state index contributed by atoms with van der Waals surface area (Å²) in [5.41, 5.74) is 1.18. The van der Waals surface area contributed by atoms with Crippen LogP contribution in [0.25, 0.3) is 11.6 Å². The van der Waals surface area contributed by atoms with E-state index in [-0.39, 0.29) is 17.4 Å². The van der Waals surface area contributed by atoms with Crippen LogP contribution >= 0.6 is 0 Å². The SMILES string of the molecule is COc1cc2c(cc1OC)[C@@H](C(C)(C)C)N(c1ccnc(-c3ncccn3)n1)C2=O. The van der Waals surface area contributed by atoms with Crippen LogP contribution in [0, 0.1) is 5.41 Å². The first kappa shape index (κ1) is 19.8. The Balaban J connectivity index is 1.86. The van der Waals surface area contributed by atoms with Crippen LogP contribution in [-0.2, 0) is 0 Å². The Kier molecular flexibility index (Phi) is 4.85. The van der Waals surface area contributed by atoms with E-state index in [0.29, 0.717) is 34.5 Å². The van der Waals surface area contributed by atoms with Crippen LogP contribution in [0.1, 0.15) is 42.7 Å². The van der Waals surface area contributed by atoms with Crippen LogP contribution in [-0.4, -0.2) is 40.1 Å². The summed E-state index contributed by atoms with van der Waals surface area (Å²) in [4.78, 5) is 32.5. The molecule has 0 saturated heterocycles. The molecule has 0 spiro atoms. The summed E-state index contributed by atoms with van der Waals surface area (Å²) in [6.45, 7) is 6.27. The molecular weight excluding hydrogens is 382 g/mol. The fourth-order valence-corrected chi connectivity index (χ4v) is 3.79. The summed E-state index contributed by atoms with van der Waals surface area (Å²) in [5.74, 6) is 2.20. The van der Waals surface area contributed by atoms with E-state index in [0.717, 1.165) is 5.56 Å². The Labute approximate surface area is 174 Å². The Morgan fingerprint density at radius 2 is 1.57 bits per heavy atom. The molecule has 0 aliphatic carbocycles. The maximum absolute atomic E-state index is 13.5. The second kappa shape index (κ2) is 7.37. The predicted molar refractivity (Wildman–Crippen MR) is 112 cm³/mol. The standard InChI is InChI=1S/C22H23N5O3/c1-22(2,3)18-13-11-15(29-4)16(30-5)12-14(13)21(28)27(18)17-7-10-25-20(26-17)19-23-8-6-9-24-19/h6-12,18H,1-5H3/t18-/m0/s1. The largest absolute Gasteiger partial charge is 0.493 e. The van der Waals surface area contributed by atoms with Gasteiger partial charge in [-0.25, -0.2) is 19.9 Å². The monoisotopic (exact) mass is 405 g/mol. The molecule has 0 saturated carbocycles. The van der Waals surface area contributed by atoms with Gasteiger partial charge < -0.3 is 9.47 Å². The lowest BCUT2D eigenvalue weighted by molar-refractivity contribution is 0.0976. The molecule has 1 aliphatic heterocycles. The molecule has 30 heavy (non-hydrogen) atoms. The third-order valence-corrected chi connectivity index (χ3v) is 5.03. The molecule has 4 rings (SSSR count). The lowest BCUT2D eigenvalue weighted by Gasteiger charge is -2.35. The van der Waals surface area contributed by atoms with E-state index >= 15 is 0 Å². The molecule has 0 bridgehead atoms. The van der Waals surface area contributed by atoms with Gasteiger partial charge in [0, 0.05) is 24.2 Å². The average molecular weight is 405 g/mol. The molecule has 154 valence electrons. The smallest absolute Gasteiger partial charge is 0.260 e. The van der Waals surface area contributed by atoms with E-state index in [1.165, 1.54) is 0 Å². The molecule has 8 heteroatoms. The van der Waals surface area contributed by atoms with Crippen LogP contribution in [0.15, 0.2) is 42.9 Å². The zero-order valence-electron chi connectivity index (χ0n) is 17.6. The van der Waals surface area contributed by atoms with Crippen LogP contribution in [0.5, 0.6) is 11.5 Å². The molecule has 1 amide bonds. The number of nitrogens with zero attached hydrogens (tertiary/aromatic N) is 5. The molecule has 0 unspecified atom stereocenters. The van der Waals surface area contributed by atoms with E-state index in [1.54, 1.807) is 55.9 Å². The van der Waals surface area contributed by atoms with Crippen molar-refractivity contribution in [2.24, 2.45) is 5.41 Å². The first-order valence-electron chi connectivity index (χ1n) is 9.55. The quantitative estimate of drug-likeness (QED) is 0.654. The summed E-state index contributed by atoms with van der Waals surface area (Å²) in [6.07, 6.45) is 4.88. The number of rotatable bonds is 4. The van der Waals surface area contributed by atoms with Gasteiger partial charge in [0.1, 0.15) is 5.82 Å². The van der Waals surface area contributed by atoms with Crippen molar-refractivity contribution >= 4 is 11.7 Å². The van der Waals surface area contributed by atoms with Crippen molar-refractivity contribution in [3.8, 4) is 23.1 Å². The molecular formula is C22H23N5O3. The molecule has 3 heterocycles. The van der Waals surface area contributed by atoms with E-state index in [1.807, 2.05) is 6.07 Å². The number of hydrogen-bond acceptors (Lipinski definition) is 7. The highest BCUT2D eigenvalue weighted by atomic mass is 16.5. The minimum atomic E-state index is -0.269. The third kappa shape index (κ3) is 3.24. The van der Waals surface area contributed by atoms with Crippen molar-refractivity contribution in [1.29, 1.82) is 0 Å². The molecule has 1 atom stereocenters. The second-order valence-electron chi connectivity index (χ2n) is 8.05. The van der Waals surface area contributed by atoms with Crippen molar-refractivity contribution in [3.05, 3.63) is 54.0 Å². The minimum Gasteiger partial charge on any atom is -0.493 e. The molecule has 2 aromatic heterocycles. The zero-order valence-corrected chi connectivity index (χ0v) is 17.6. The number of carbonyl (C=O) groups is 1. The van der Waals surface area contributed by atoms with Crippen LogP contribution < -0.4 is 14.4 Å². The van der Waals surface area contributed by atoms with Gasteiger partial charge in [-0.2, -0.15) is 0 Å². The summed E-state index contributed by atoms with van der Waals surface area (Å²) in [6, 6.07) is 6.81. The van der Waals surface area contributed by atoms with Gasteiger partial charge in [-0.05, 0) is 35.2 Å². The Hall–Kier alpha value is -3.55. The summed E-state index contributed by atoms with van der Waals surface area (Å²) >= 11 is 0. The maximum atomic E-state index is 13.5. The number of methoxy groups -OCH3 is 2. The highest BCUT2D eigenvalue weighted by molar-refractivity contribution is 6.11. The highest BCUT2D eigenvalue weighted by Gasteiger charge is 2.45. The van der Waals surface area contributed by atoms with E-state index in [9.17, 15) is 4.79 Å². The normalized spacial score (nSPS) is 15.8. The lowest BCUT2D eigenvalue weighted by atomic mass is 9.82. The van der Waals surface area contributed by atoms with Crippen LogP contribution in [0.4, 0.5) is 5.82 Å². The summed E-state index contributed by atoms with van der Waals surface area (Å²) < 4.78 is 10.9. The number of hydrogen-bond donors (Lipinski definition) is 0. The van der Waals surface area contributed by atoms with E-state index in [4.69, 9.17) is 9.47 Å². The van der Waals surface area contributed by atoms with E-state index in [2.05, 4.69) is 40.7 Å². The van der Waals surface area contributed by atoms with Crippen molar-refractivity contribution in [1.82, 2.24) is 19.9 Å². The molecule has 3 aromatic rings. The number of fused-ring (bicyclic) bond motifs is 1. The first-order valence-corrected chi connectivity index (χ1v) is 9.55. The molecule has 0 fully saturated rings. The number of amides is 1. The van der Waals surface area contributed by atoms with Crippen LogP contribution in [0.2, 0.25) is 0 Å². The van der Waals surface area contributed by atoms with Gasteiger partial charge in [0.25, 0.3) is 5.91 Å². The van der Waals surface area contributed by atoms with Gasteiger partial charge in [0.05, 0.1) is 20.3 Å². The lowest BCUT2D eigenvalue weighted by Crippen LogP contribution is -2.36. The predicted octanol–water partition coefficient (Wildman–Crippen LogP) is 3.70. The first-order chi connectivity index (χ1) is 14.3. The van der Waals surface area contributed by atoms with Crippen molar-refractivity contribution in [3.63, 3.8) is 0 Å². The van der Waals surface area contributed by atoms with Gasteiger partial charge in [-0.3, -0.25) is 9.69 Å². The average Bonchev–Trinajstić information content (AvgIpc) is 3.05. The molecule has 1 aromatic carbocycles. The van der Waals surface area contributed by atoms with Gasteiger partial charge >= 0.3 is 0 Å². The molecule has 0 N–H and O–H groups in total. The number of aromatic nitrogens is 4. The molecule has 1 aliphatic rings. The van der Waals surface area contributed by atoms with Crippen LogP contribution in [0.3, 0.4) is 0 Å². The molecule has 0 radical (unpaired) electrons. The van der Waals surface area contributed by atoms with Crippen molar-refractivity contribution in [2.45, 2.75) is 26.8 Å². The summed E-state index contributed by atoms with van der Waals surface area (Å²) in [7, 11) is 3.14. The van der Waals surface area contributed by atoms with Gasteiger partial charge in [-0.1, -0.05) is 20.8 Å². The second-order valence-corrected chi connectivity index (χ2v) is 8.05. The highest BCUT2D eigenvalue weighted by Crippen LogP contribution is 2.49. The summed E-state index contributed by atoms with van der Waals surface area (Å²) in [5, 5.41) is 0. The van der Waals surface area contributed by atoms with Gasteiger partial charge in [0.2, 0.25) is 0 Å². The minimum absolute atomic E-state index is 0.149. The third-order valence-electron chi connectivity index (χ3n) is 5.03. The number of ether oxygens (including phenoxy) is 2. The molecule has 8 nitrogen and oxygen atoms in total. The topological polar surface area (TPSA) is 90.3 Å². The van der Waals surface area contributed by atoms with Crippen molar-refractivity contribution in [2.75, 3.05) is 19.1 Å². The van der Waals surface area contributed by atoms with Gasteiger partial charge in [0.15, 0.2) is 23.1 Å². The fourth-order valence-electron chi connectivity index (χ4n) is 3.79. The Morgan fingerprint density at radius 3 is 2.20 bits per heavy atom. The van der Waals surface area contributed by atoms with Crippen molar-refractivity contribution < 1.29 is 14.3 Å². The number of carbonyl (C=O) groups excluding carboxylic acids is 1. The fraction of sp³-hybridized carbons (Fsp3) is 0.318. The van der Waals surface area contributed by atoms with Gasteiger partial charge in [-0.15, -0.1) is 0 Å². The Bertz CT molecular complexity index is 1100. The zero-order chi connectivity index (χ0) is 21.5. The van der Waals surface area contributed by atoms with E-state index < -0.39 is 0 Å². The maximum Gasteiger partial charge on any atom is 0.260 e.